The van der Waals surface area contributed by atoms with Crippen molar-refractivity contribution in [3.05, 3.63) is 114 Å². The van der Waals surface area contributed by atoms with E-state index in [4.69, 9.17) is 0 Å². The monoisotopic (exact) mass is 395 g/mol. The molecule has 0 aliphatic rings. The Morgan fingerprint density at radius 1 is 0.800 bits per heavy atom. The third kappa shape index (κ3) is 4.86. The highest BCUT2D eigenvalue weighted by atomic mass is 16.1. The fourth-order valence-electron chi connectivity index (χ4n) is 3.03. The first-order valence-electron chi connectivity index (χ1n) is 9.68. The second kappa shape index (κ2) is 9.43. The number of carbonyl (C=O) groups excluding carboxylic acids is 1. The lowest BCUT2D eigenvalue weighted by Crippen LogP contribution is -2.25. The van der Waals surface area contributed by atoms with Gasteiger partial charge in [0.25, 0.3) is 5.91 Å². The molecule has 0 aliphatic heterocycles. The van der Waals surface area contributed by atoms with E-state index < -0.39 is 0 Å². The number of rotatable bonds is 7. The number of aromatic nitrogens is 3. The van der Waals surface area contributed by atoms with E-state index in [9.17, 15) is 4.79 Å². The van der Waals surface area contributed by atoms with E-state index in [1.54, 1.807) is 12.3 Å². The van der Waals surface area contributed by atoms with E-state index in [0.717, 1.165) is 16.9 Å². The van der Waals surface area contributed by atoms with Crippen molar-refractivity contribution >= 4 is 17.4 Å². The largest absolute Gasteiger partial charge is 0.345 e. The predicted octanol–water partition coefficient (Wildman–Crippen LogP) is 4.14. The molecule has 148 valence electrons. The number of hydrogen-bond acceptors (Lipinski definition) is 5. The molecule has 0 spiro atoms. The maximum atomic E-state index is 12.4. The van der Waals surface area contributed by atoms with Crippen LogP contribution in [0.1, 0.15) is 21.7 Å². The van der Waals surface area contributed by atoms with Crippen LogP contribution in [0.2, 0.25) is 0 Å². The summed E-state index contributed by atoms with van der Waals surface area (Å²) in [5.74, 6) is 0.389. The van der Waals surface area contributed by atoms with Gasteiger partial charge in [-0.1, -0.05) is 54.6 Å². The summed E-state index contributed by atoms with van der Waals surface area (Å²) in [5, 5.41) is 11.3. The summed E-state index contributed by atoms with van der Waals surface area (Å²) < 4.78 is 0. The minimum atomic E-state index is -0.283. The van der Waals surface area contributed by atoms with Gasteiger partial charge < -0.3 is 10.2 Å². The van der Waals surface area contributed by atoms with Crippen LogP contribution in [0.4, 0.5) is 11.5 Å². The van der Waals surface area contributed by atoms with Crippen LogP contribution in [-0.4, -0.2) is 21.1 Å². The molecular formula is C24H21N5O. The average molecular weight is 395 g/mol. The maximum absolute atomic E-state index is 12.4. The van der Waals surface area contributed by atoms with Crippen LogP contribution < -0.4 is 10.2 Å². The highest BCUT2D eigenvalue weighted by Crippen LogP contribution is 2.25. The first kappa shape index (κ1) is 19.3. The molecule has 2 aromatic carbocycles. The Hall–Kier alpha value is -4.06. The van der Waals surface area contributed by atoms with Crippen molar-refractivity contribution in [1.82, 2.24) is 20.5 Å². The van der Waals surface area contributed by atoms with Crippen molar-refractivity contribution in [2.75, 3.05) is 4.90 Å². The molecule has 4 aromatic rings. The molecule has 1 amide bonds. The van der Waals surface area contributed by atoms with E-state index in [-0.39, 0.29) is 11.6 Å². The molecule has 0 saturated carbocycles. The molecule has 6 heteroatoms. The van der Waals surface area contributed by atoms with Crippen molar-refractivity contribution in [3.63, 3.8) is 0 Å². The molecule has 30 heavy (non-hydrogen) atoms. The van der Waals surface area contributed by atoms with Gasteiger partial charge in [0.2, 0.25) is 0 Å². The van der Waals surface area contributed by atoms with Crippen molar-refractivity contribution in [1.29, 1.82) is 0 Å². The molecule has 1 N–H and O–H groups in total. The van der Waals surface area contributed by atoms with Gasteiger partial charge in [-0.05, 0) is 42.0 Å². The van der Waals surface area contributed by atoms with Gasteiger partial charge in [0.1, 0.15) is 0 Å². The van der Waals surface area contributed by atoms with Gasteiger partial charge in [-0.2, -0.15) is 0 Å². The third-order valence-corrected chi connectivity index (χ3v) is 4.57. The minimum Gasteiger partial charge on any atom is -0.345 e. The Morgan fingerprint density at radius 3 is 2.20 bits per heavy atom. The van der Waals surface area contributed by atoms with Gasteiger partial charge in [0.05, 0.1) is 12.2 Å². The Bertz CT molecular complexity index is 1070. The second-order valence-corrected chi connectivity index (χ2v) is 6.69. The van der Waals surface area contributed by atoms with Crippen LogP contribution in [0.5, 0.6) is 0 Å². The summed E-state index contributed by atoms with van der Waals surface area (Å²) in [6.45, 7) is 0.984. The Labute approximate surface area is 175 Å². The number of nitrogens with zero attached hydrogens (tertiary/aromatic N) is 4. The third-order valence-electron chi connectivity index (χ3n) is 4.57. The molecule has 0 unspecified atom stereocenters. The molecule has 0 radical (unpaired) electrons. The van der Waals surface area contributed by atoms with Gasteiger partial charge >= 0.3 is 0 Å². The molecule has 4 rings (SSSR count). The van der Waals surface area contributed by atoms with E-state index in [0.29, 0.717) is 18.9 Å². The van der Waals surface area contributed by atoms with Gasteiger partial charge in [0.15, 0.2) is 11.5 Å². The highest BCUT2D eigenvalue weighted by molar-refractivity contribution is 5.92. The molecule has 0 bridgehead atoms. The standard InChI is InChI=1S/C24H21N5O/c30-24(26-17-20-11-7-8-16-25-20)22-14-15-23(28-27-22)29(21-12-5-2-6-13-21)18-19-9-3-1-4-10-19/h1-16H,17-18H2,(H,26,30). The van der Waals surface area contributed by atoms with Crippen molar-refractivity contribution < 1.29 is 4.79 Å². The van der Waals surface area contributed by atoms with Crippen LogP contribution in [0, 0.1) is 0 Å². The van der Waals surface area contributed by atoms with Crippen LogP contribution in [0.3, 0.4) is 0 Å². The van der Waals surface area contributed by atoms with E-state index in [1.807, 2.05) is 72.8 Å². The van der Waals surface area contributed by atoms with Crippen molar-refractivity contribution in [2.45, 2.75) is 13.1 Å². The predicted molar refractivity (Wildman–Crippen MR) is 116 cm³/mol. The quantitative estimate of drug-likeness (QED) is 0.509. The van der Waals surface area contributed by atoms with Crippen LogP contribution >= 0.6 is 0 Å². The van der Waals surface area contributed by atoms with Crippen molar-refractivity contribution in [2.24, 2.45) is 0 Å². The number of carbonyl (C=O) groups is 1. The number of anilines is 2. The zero-order valence-electron chi connectivity index (χ0n) is 16.3. The first-order chi connectivity index (χ1) is 14.8. The Kier molecular flexibility index (Phi) is 6.05. The second-order valence-electron chi connectivity index (χ2n) is 6.69. The SMILES string of the molecule is O=C(NCc1ccccn1)c1ccc(N(Cc2ccccc2)c2ccccc2)nn1. The summed E-state index contributed by atoms with van der Waals surface area (Å²) in [4.78, 5) is 18.7. The Morgan fingerprint density at radius 2 is 1.53 bits per heavy atom. The van der Waals surface area contributed by atoms with Gasteiger partial charge in [-0.25, -0.2) is 0 Å². The molecule has 0 fully saturated rings. The number of amides is 1. The van der Waals surface area contributed by atoms with Crippen LogP contribution in [0.15, 0.2) is 97.2 Å². The highest BCUT2D eigenvalue weighted by Gasteiger charge is 2.14. The summed E-state index contributed by atoms with van der Waals surface area (Å²) >= 11 is 0. The zero-order chi connectivity index (χ0) is 20.6. The van der Waals surface area contributed by atoms with Gasteiger partial charge in [-0.3, -0.25) is 9.78 Å². The van der Waals surface area contributed by atoms with Gasteiger partial charge in [-0.15, -0.1) is 10.2 Å². The lowest BCUT2D eigenvalue weighted by molar-refractivity contribution is 0.0944. The fourth-order valence-corrected chi connectivity index (χ4v) is 3.03. The summed E-state index contributed by atoms with van der Waals surface area (Å²) in [7, 11) is 0. The number of para-hydroxylation sites is 1. The van der Waals surface area contributed by atoms with E-state index >= 15 is 0 Å². The van der Waals surface area contributed by atoms with Crippen LogP contribution in [0.25, 0.3) is 0 Å². The fraction of sp³-hybridized carbons (Fsp3) is 0.0833. The lowest BCUT2D eigenvalue weighted by Gasteiger charge is -2.23. The van der Waals surface area contributed by atoms with Crippen LogP contribution in [-0.2, 0) is 13.1 Å². The molecule has 2 heterocycles. The average Bonchev–Trinajstić information content (AvgIpc) is 2.83. The Balaban J connectivity index is 1.51. The number of benzene rings is 2. The normalized spacial score (nSPS) is 10.4. The van der Waals surface area contributed by atoms with E-state index in [1.165, 1.54) is 0 Å². The topological polar surface area (TPSA) is 71.0 Å². The lowest BCUT2D eigenvalue weighted by atomic mass is 10.2. The maximum Gasteiger partial charge on any atom is 0.272 e. The molecule has 0 saturated heterocycles. The first-order valence-corrected chi connectivity index (χ1v) is 9.68. The molecule has 2 aromatic heterocycles. The summed E-state index contributed by atoms with van der Waals surface area (Å²) in [6, 6.07) is 29.3. The molecule has 6 nitrogen and oxygen atoms in total. The number of hydrogen-bond donors (Lipinski definition) is 1. The smallest absolute Gasteiger partial charge is 0.272 e. The summed E-state index contributed by atoms with van der Waals surface area (Å²) in [5.41, 5.74) is 3.21. The number of pyridine rings is 1. The zero-order valence-corrected chi connectivity index (χ0v) is 16.3. The molecule has 0 atom stereocenters. The van der Waals surface area contributed by atoms with Gasteiger partial charge in [0, 0.05) is 18.4 Å². The number of nitrogens with one attached hydrogen (secondary N) is 1. The van der Waals surface area contributed by atoms with E-state index in [2.05, 4.69) is 37.5 Å². The molecule has 0 aliphatic carbocycles. The van der Waals surface area contributed by atoms with Crippen molar-refractivity contribution in [3.8, 4) is 0 Å². The summed E-state index contributed by atoms with van der Waals surface area (Å²) in [6.07, 6.45) is 1.70. The molecular weight excluding hydrogens is 374 g/mol. The minimum absolute atomic E-state index is 0.266.